The van der Waals surface area contributed by atoms with E-state index in [2.05, 4.69) is 12.6 Å². The average molecular weight is 498 g/mol. The van der Waals surface area contributed by atoms with Crippen molar-refractivity contribution in [2.75, 3.05) is 98.4 Å². The molecule has 0 saturated carbocycles. The first kappa shape index (κ1) is 33.0. The molecule has 0 aromatic heterocycles. The third kappa shape index (κ3) is 32.0. The molecule has 0 spiro atoms. The van der Waals surface area contributed by atoms with Gasteiger partial charge in [-0.2, -0.15) is 12.6 Å². The fourth-order valence-electron chi connectivity index (χ4n) is 2.96. The summed E-state index contributed by atoms with van der Waals surface area (Å²) in [6.45, 7) is 7.80. The number of rotatable bonds is 30. The van der Waals surface area contributed by atoms with Crippen LogP contribution in [0, 0.1) is 0 Å². The maximum atomic E-state index is 5.61. The molecule has 0 saturated heterocycles. The smallest absolute Gasteiger partial charge is 0.0941 e. The lowest BCUT2D eigenvalue weighted by Gasteiger charge is -2.08. The Morgan fingerprint density at radius 3 is 0.939 bits per heavy atom. The second-order valence-corrected chi connectivity index (χ2v) is 8.10. The van der Waals surface area contributed by atoms with Crippen LogP contribution in [0.2, 0.25) is 0 Å². The normalized spacial score (nSPS) is 11.5. The van der Waals surface area contributed by atoms with E-state index >= 15 is 0 Å². The van der Waals surface area contributed by atoms with Crippen molar-refractivity contribution in [3.63, 3.8) is 0 Å². The summed E-state index contributed by atoms with van der Waals surface area (Å²) in [5, 5.41) is 0. The molecule has 0 amide bonds. The van der Waals surface area contributed by atoms with Gasteiger partial charge in [-0.3, -0.25) is 0 Å². The molecule has 0 atom stereocenters. The summed E-state index contributed by atoms with van der Waals surface area (Å²) in [4.78, 5) is 0. The first-order valence-electron chi connectivity index (χ1n) is 12.8. The second kappa shape index (κ2) is 32.0. The first-order chi connectivity index (χ1) is 16.4. The van der Waals surface area contributed by atoms with Crippen molar-refractivity contribution in [1.82, 2.24) is 0 Å². The second-order valence-electron chi connectivity index (χ2n) is 7.65. The van der Waals surface area contributed by atoms with Crippen LogP contribution < -0.4 is 5.73 Å². The summed E-state index contributed by atoms with van der Waals surface area (Å²) >= 11 is 4.24. The lowest BCUT2D eigenvalue weighted by Crippen LogP contribution is -2.15. The van der Waals surface area contributed by atoms with Crippen LogP contribution in [0.15, 0.2) is 0 Å². The van der Waals surface area contributed by atoms with Gasteiger partial charge in [0, 0.05) is 6.61 Å². The zero-order valence-electron chi connectivity index (χ0n) is 20.9. The van der Waals surface area contributed by atoms with Crippen molar-refractivity contribution < 1.29 is 33.2 Å². The van der Waals surface area contributed by atoms with Gasteiger partial charge < -0.3 is 38.9 Å². The molecule has 0 aliphatic heterocycles. The number of ether oxygens (including phenoxy) is 7. The van der Waals surface area contributed by atoms with E-state index in [1.54, 1.807) is 0 Å². The largest absolute Gasteiger partial charge is 0.379 e. The number of thiol groups is 1. The lowest BCUT2D eigenvalue weighted by atomic mass is 10.1. The Labute approximate surface area is 207 Å². The molecule has 0 aliphatic carbocycles. The Hall–Kier alpha value is 0.0300. The fourth-order valence-corrected chi connectivity index (χ4v) is 3.18. The number of nitrogens with two attached hydrogens (primary N) is 1. The van der Waals surface area contributed by atoms with Crippen molar-refractivity contribution in [3.05, 3.63) is 0 Å². The number of unbranched alkanes of at least 4 members (excludes halogenated alkanes) is 8. The van der Waals surface area contributed by atoms with Crippen molar-refractivity contribution >= 4 is 12.6 Å². The Balaban J connectivity index is 2.99. The minimum absolute atomic E-state index is 0.223. The van der Waals surface area contributed by atoms with Crippen LogP contribution in [0.5, 0.6) is 0 Å². The van der Waals surface area contributed by atoms with Crippen LogP contribution in [0.3, 0.4) is 0 Å². The Kier molecular flexibility index (Phi) is 32.1. The molecule has 8 nitrogen and oxygen atoms in total. The zero-order chi connectivity index (χ0) is 23.9. The molecule has 0 aliphatic rings. The molecule has 200 valence electrons. The van der Waals surface area contributed by atoms with Gasteiger partial charge in [0.25, 0.3) is 0 Å². The molecule has 0 aromatic rings. The van der Waals surface area contributed by atoms with Crippen molar-refractivity contribution in [1.29, 1.82) is 0 Å². The van der Waals surface area contributed by atoms with Crippen LogP contribution in [-0.2, 0) is 33.2 Å². The summed E-state index contributed by atoms with van der Waals surface area (Å²) in [5.74, 6) is 1.03. The molecular formula is C24H51NO7S. The zero-order valence-corrected chi connectivity index (χ0v) is 21.7. The van der Waals surface area contributed by atoms with E-state index in [0.29, 0.717) is 79.3 Å². The highest BCUT2D eigenvalue weighted by Crippen LogP contribution is 2.10. The standard InChI is InChI=1S/C24H51NO7S/c25-24-32-22-21-31-20-19-30-18-17-29-16-15-28-14-13-27-12-11-26-10-8-6-4-2-1-3-5-7-9-23-33/h33H,1-25H2. The molecule has 9 heteroatoms. The summed E-state index contributed by atoms with van der Waals surface area (Å²) in [6, 6.07) is 0. The fraction of sp³-hybridized carbons (Fsp3) is 1.00. The highest BCUT2D eigenvalue weighted by atomic mass is 32.1. The van der Waals surface area contributed by atoms with E-state index in [1.807, 2.05) is 0 Å². The molecule has 0 heterocycles. The van der Waals surface area contributed by atoms with Gasteiger partial charge in [0.1, 0.15) is 0 Å². The van der Waals surface area contributed by atoms with Crippen molar-refractivity contribution in [3.8, 4) is 0 Å². The summed E-state index contributed by atoms with van der Waals surface area (Å²) in [5.41, 5.74) is 5.20. The monoisotopic (exact) mass is 497 g/mol. The Morgan fingerprint density at radius 2 is 0.606 bits per heavy atom. The van der Waals surface area contributed by atoms with Crippen LogP contribution in [0.25, 0.3) is 0 Å². The van der Waals surface area contributed by atoms with Crippen LogP contribution in [0.4, 0.5) is 0 Å². The first-order valence-corrected chi connectivity index (χ1v) is 13.4. The summed E-state index contributed by atoms with van der Waals surface area (Å²) in [6.07, 6.45) is 11.8. The average Bonchev–Trinajstić information content (AvgIpc) is 2.83. The summed E-state index contributed by atoms with van der Waals surface area (Å²) in [7, 11) is 0. The topological polar surface area (TPSA) is 90.6 Å². The predicted octanol–water partition coefficient (Wildman–Crippen LogP) is 3.46. The van der Waals surface area contributed by atoms with Gasteiger partial charge in [-0.1, -0.05) is 44.9 Å². The van der Waals surface area contributed by atoms with Gasteiger partial charge in [-0.15, -0.1) is 0 Å². The highest BCUT2D eigenvalue weighted by Gasteiger charge is 1.96. The molecule has 0 unspecified atom stereocenters. The molecule has 33 heavy (non-hydrogen) atoms. The van der Waals surface area contributed by atoms with Gasteiger partial charge in [-0.05, 0) is 18.6 Å². The third-order valence-electron chi connectivity index (χ3n) is 4.80. The van der Waals surface area contributed by atoms with Gasteiger partial charge >= 0.3 is 0 Å². The minimum atomic E-state index is 0.223. The van der Waals surface area contributed by atoms with Crippen LogP contribution >= 0.6 is 12.6 Å². The summed E-state index contributed by atoms with van der Waals surface area (Å²) < 4.78 is 37.7. The van der Waals surface area contributed by atoms with Gasteiger partial charge in [0.05, 0.1) is 86.0 Å². The van der Waals surface area contributed by atoms with E-state index in [0.717, 1.165) is 18.8 Å². The maximum Gasteiger partial charge on any atom is 0.0941 e. The Bertz CT molecular complexity index is 314. The minimum Gasteiger partial charge on any atom is -0.379 e. The van der Waals surface area contributed by atoms with Gasteiger partial charge in [0.15, 0.2) is 0 Å². The number of hydrogen-bond donors (Lipinski definition) is 2. The predicted molar refractivity (Wildman–Crippen MR) is 135 cm³/mol. The van der Waals surface area contributed by atoms with Gasteiger partial charge in [0.2, 0.25) is 0 Å². The van der Waals surface area contributed by atoms with Crippen molar-refractivity contribution in [2.24, 2.45) is 5.73 Å². The molecule has 0 bridgehead atoms. The quantitative estimate of drug-likeness (QED) is 0.0886. The molecule has 2 N–H and O–H groups in total. The van der Waals surface area contributed by atoms with Crippen LogP contribution in [-0.4, -0.2) is 98.4 Å². The highest BCUT2D eigenvalue weighted by molar-refractivity contribution is 7.80. The molecule has 0 radical (unpaired) electrons. The SMILES string of the molecule is NCOCCOCCOCCOCCOCCOCCOCCCCCCCCCCCS. The number of hydrogen-bond acceptors (Lipinski definition) is 9. The third-order valence-corrected chi connectivity index (χ3v) is 5.11. The van der Waals surface area contributed by atoms with E-state index in [9.17, 15) is 0 Å². The Morgan fingerprint density at radius 1 is 0.333 bits per heavy atom. The lowest BCUT2D eigenvalue weighted by molar-refractivity contribution is -0.0204. The molecular weight excluding hydrogens is 446 g/mol. The van der Waals surface area contributed by atoms with Gasteiger partial charge in [-0.25, -0.2) is 0 Å². The van der Waals surface area contributed by atoms with E-state index in [-0.39, 0.29) is 6.73 Å². The van der Waals surface area contributed by atoms with Crippen LogP contribution in [0.1, 0.15) is 57.8 Å². The maximum absolute atomic E-state index is 5.61. The van der Waals surface area contributed by atoms with E-state index in [4.69, 9.17) is 38.9 Å². The van der Waals surface area contributed by atoms with Crippen molar-refractivity contribution in [2.45, 2.75) is 57.8 Å². The van der Waals surface area contributed by atoms with E-state index in [1.165, 1.54) is 51.4 Å². The molecule has 0 aromatic carbocycles. The molecule has 0 fully saturated rings. The van der Waals surface area contributed by atoms with E-state index < -0.39 is 0 Å². The molecule has 0 rings (SSSR count).